The summed E-state index contributed by atoms with van der Waals surface area (Å²) in [7, 11) is 2.02. The highest BCUT2D eigenvalue weighted by atomic mass is 16.5. The van der Waals surface area contributed by atoms with Crippen molar-refractivity contribution in [2.75, 3.05) is 7.05 Å². The number of benzene rings is 1. The fourth-order valence-corrected chi connectivity index (χ4v) is 2.19. The molecule has 2 rings (SSSR count). The molecule has 1 aromatic rings. The molecule has 0 aliphatic carbocycles. The number of hydrogen-bond acceptors (Lipinski definition) is 2. The first-order chi connectivity index (χ1) is 7.24. The summed E-state index contributed by atoms with van der Waals surface area (Å²) in [6.07, 6.45) is 2.44. The van der Waals surface area contributed by atoms with Crippen molar-refractivity contribution in [2.45, 2.75) is 38.8 Å². The predicted octanol–water partition coefficient (Wildman–Crippen LogP) is 2.68. The van der Waals surface area contributed by atoms with Crippen LogP contribution in [-0.2, 0) is 6.42 Å². The lowest BCUT2D eigenvalue weighted by molar-refractivity contribution is 0.169. The molecule has 0 spiro atoms. The van der Waals surface area contributed by atoms with Crippen LogP contribution in [0.5, 0.6) is 5.75 Å². The Bertz CT molecular complexity index is 348. The number of ether oxygens (including phenoxy) is 1. The van der Waals surface area contributed by atoms with Crippen LogP contribution in [0.2, 0.25) is 0 Å². The minimum Gasteiger partial charge on any atom is -0.490 e. The Morgan fingerprint density at radius 2 is 2.27 bits per heavy atom. The summed E-state index contributed by atoms with van der Waals surface area (Å²) in [6.45, 7) is 4.31. The van der Waals surface area contributed by atoms with Crippen LogP contribution in [-0.4, -0.2) is 13.2 Å². The molecule has 1 N–H and O–H groups in total. The van der Waals surface area contributed by atoms with Crippen LogP contribution < -0.4 is 10.1 Å². The summed E-state index contributed by atoms with van der Waals surface area (Å²) in [4.78, 5) is 0. The van der Waals surface area contributed by atoms with E-state index >= 15 is 0 Å². The van der Waals surface area contributed by atoms with Gasteiger partial charge in [-0.05, 0) is 32.0 Å². The maximum atomic E-state index is 5.82. The number of rotatable bonds is 2. The molecule has 2 nitrogen and oxygen atoms in total. The minimum atomic E-state index is 0.308. The van der Waals surface area contributed by atoms with Gasteiger partial charge in [-0.1, -0.05) is 19.1 Å². The van der Waals surface area contributed by atoms with Gasteiger partial charge in [0.1, 0.15) is 5.75 Å². The van der Waals surface area contributed by atoms with Crippen molar-refractivity contribution < 1.29 is 4.74 Å². The predicted molar refractivity (Wildman–Crippen MR) is 62.3 cm³/mol. The molecule has 0 saturated heterocycles. The lowest BCUT2D eigenvalue weighted by Crippen LogP contribution is -2.29. The quantitative estimate of drug-likeness (QED) is 0.801. The zero-order valence-electron chi connectivity index (χ0n) is 9.71. The molecule has 0 aromatic heterocycles. The minimum absolute atomic E-state index is 0.308. The molecule has 1 aliphatic rings. The molecule has 0 bridgehead atoms. The van der Waals surface area contributed by atoms with E-state index in [0.29, 0.717) is 12.1 Å². The monoisotopic (exact) mass is 205 g/mol. The Labute approximate surface area is 91.6 Å². The summed E-state index contributed by atoms with van der Waals surface area (Å²) in [5.41, 5.74) is 2.70. The van der Waals surface area contributed by atoms with E-state index in [1.165, 1.54) is 11.1 Å². The number of hydrogen-bond donors (Lipinski definition) is 1. The van der Waals surface area contributed by atoms with Gasteiger partial charge in [0.15, 0.2) is 0 Å². The second kappa shape index (κ2) is 4.23. The second-order valence-electron chi connectivity index (χ2n) is 4.23. The first kappa shape index (κ1) is 10.5. The third-order valence-corrected chi connectivity index (χ3v) is 3.10. The molecular weight excluding hydrogens is 186 g/mol. The SMILES string of the molecule is CCc1ccc2c(c1)C(NC)CC(C)O2. The standard InChI is InChI=1S/C13H19NO/c1-4-10-5-6-13-11(8-10)12(14-3)7-9(2)15-13/h5-6,8-9,12,14H,4,7H2,1-3H3. The molecule has 0 saturated carbocycles. The van der Waals surface area contributed by atoms with Crippen molar-refractivity contribution >= 4 is 0 Å². The van der Waals surface area contributed by atoms with Gasteiger partial charge in [0.2, 0.25) is 0 Å². The maximum absolute atomic E-state index is 5.82. The highest BCUT2D eigenvalue weighted by Gasteiger charge is 2.24. The molecule has 2 atom stereocenters. The summed E-state index contributed by atoms with van der Waals surface area (Å²) >= 11 is 0. The molecule has 2 heteroatoms. The fraction of sp³-hybridized carbons (Fsp3) is 0.538. The average molecular weight is 205 g/mol. The van der Waals surface area contributed by atoms with Gasteiger partial charge in [0.05, 0.1) is 6.10 Å². The van der Waals surface area contributed by atoms with Gasteiger partial charge in [0.25, 0.3) is 0 Å². The van der Waals surface area contributed by atoms with Gasteiger partial charge >= 0.3 is 0 Å². The first-order valence-electron chi connectivity index (χ1n) is 5.71. The van der Waals surface area contributed by atoms with E-state index in [-0.39, 0.29) is 0 Å². The Morgan fingerprint density at radius 1 is 1.47 bits per heavy atom. The van der Waals surface area contributed by atoms with Crippen molar-refractivity contribution in [3.63, 3.8) is 0 Å². The second-order valence-corrected chi connectivity index (χ2v) is 4.23. The van der Waals surface area contributed by atoms with Crippen molar-refractivity contribution in [2.24, 2.45) is 0 Å². The Balaban J connectivity index is 2.38. The van der Waals surface area contributed by atoms with Gasteiger partial charge in [0, 0.05) is 18.0 Å². The lowest BCUT2D eigenvalue weighted by Gasteiger charge is -2.30. The van der Waals surface area contributed by atoms with Gasteiger partial charge in [-0.15, -0.1) is 0 Å². The van der Waals surface area contributed by atoms with E-state index in [0.717, 1.165) is 18.6 Å². The summed E-state index contributed by atoms with van der Waals surface area (Å²) < 4.78 is 5.82. The highest BCUT2D eigenvalue weighted by Crippen LogP contribution is 2.35. The first-order valence-corrected chi connectivity index (χ1v) is 5.71. The number of nitrogens with one attached hydrogen (secondary N) is 1. The van der Waals surface area contributed by atoms with Gasteiger partial charge < -0.3 is 10.1 Å². The molecule has 82 valence electrons. The maximum Gasteiger partial charge on any atom is 0.124 e. The summed E-state index contributed by atoms with van der Waals surface area (Å²) in [5, 5.41) is 3.36. The van der Waals surface area contributed by atoms with Crippen LogP contribution in [0.3, 0.4) is 0 Å². The number of fused-ring (bicyclic) bond motifs is 1. The van der Waals surface area contributed by atoms with Gasteiger partial charge in [-0.3, -0.25) is 0 Å². The van der Waals surface area contributed by atoms with E-state index in [1.807, 2.05) is 7.05 Å². The molecule has 0 amide bonds. The van der Waals surface area contributed by atoms with E-state index in [4.69, 9.17) is 4.74 Å². The topological polar surface area (TPSA) is 21.3 Å². The molecule has 15 heavy (non-hydrogen) atoms. The van der Waals surface area contributed by atoms with E-state index in [9.17, 15) is 0 Å². The van der Waals surface area contributed by atoms with E-state index in [1.54, 1.807) is 0 Å². The fourth-order valence-electron chi connectivity index (χ4n) is 2.19. The lowest BCUT2D eigenvalue weighted by atomic mass is 9.95. The van der Waals surface area contributed by atoms with E-state index in [2.05, 4.69) is 37.4 Å². The summed E-state index contributed by atoms with van der Waals surface area (Å²) in [5.74, 6) is 1.05. The Hall–Kier alpha value is -1.02. The molecule has 1 heterocycles. The third-order valence-electron chi connectivity index (χ3n) is 3.10. The Kier molecular flexibility index (Phi) is 2.96. The average Bonchev–Trinajstić information content (AvgIpc) is 2.27. The van der Waals surface area contributed by atoms with Crippen LogP contribution in [0, 0.1) is 0 Å². The highest BCUT2D eigenvalue weighted by molar-refractivity contribution is 5.41. The molecule has 1 aromatic carbocycles. The van der Waals surface area contributed by atoms with E-state index < -0.39 is 0 Å². The number of aryl methyl sites for hydroxylation is 1. The third kappa shape index (κ3) is 2.00. The van der Waals surface area contributed by atoms with Gasteiger partial charge in [-0.2, -0.15) is 0 Å². The van der Waals surface area contributed by atoms with Crippen LogP contribution in [0.1, 0.15) is 37.4 Å². The molecule has 0 fully saturated rings. The van der Waals surface area contributed by atoms with Crippen LogP contribution in [0.15, 0.2) is 18.2 Å². The molecule has 1 aliphatic heterocycles. The van der Waals surface area contributed by atoms with Crippen LogP contribution >= 0.6 is 0 Å². The van der Waals surface area contributed by atoms with Crippen LogP contribution in [0.4, 0.5) is 0 Å². The Morgan fingerprint density at radius 3 is 2.93 bits per heavy atom. The normalized spacial score (nSPS) is 24.5. The largest absolute Gasteiger partial charge is 0.490 e. The molecule has 0 radical (unpaired) electrons. The van der Waals surface area contributed by atoms with Crippen LogP contribution in [0.25, 0.3) is 0 Å². The zero-order valence-corrected chi connectivity index (χ0v) is 9.71. The molecule has 2 unspecified atom stereocenters. The van der Waals surface area contributed by atoms with Crippen molar-refractivity contribution in [1.29, 1.82) is 0 Å². The zero-order chi connectivity index (χ0) is 10.8. The summed E-state index contributed by atoms with van der Waals surface area (Å²) in [6, 6.07) is 6.97. The smallest absolute Gasteiger partial charge is 0.124 e. The van der Waals surface area contributed by atoms with Gasteiger partial charge in [-0.25, -0.2) is 0 Å². The van der Waals surface area contributed by atoms with Crippen molar-refractivity contribution in [3.05, 3.63) is 29.3 Å². The molecular formula is C13H19NO. The van der Waals surface area contributed by atoms with Crippen molar-refractivity contribution in [1.82, 2.24) is 5.32 Å². The van der Waals surface area contributed by atoms with Crippen molar-refractivity contribution in [3.8, 4) is 5.75 Å².